The molecular formula is C19H15BrF2N2O2S. The van der Waals surface area contributed by atoms with Crippen LogP contribution >= 0.6 is 27.3 Å². The predicted octanol–water partition coefficient (Wildman–Crippen LogP) is 5.31. The first-order valence-electron chi connectivity index (χ1n) is 7.96. The molecule has 1 aromatic heterocycles. The van der Waals surface area contributed by atoms with Gasteiger partial charge in [-0.2, -0.15) is 0 Å². The number of benzene rings is 2. The average molecular weight is 453 g/mol. The van der Waals surface area contributed by atoms with Crippen LogP contribution in [0.4, 0.5) is 13.9 Å². The summed E-state index contributed by atoms with van der Waals surface area (Å²) < 4.78 is 34.2. The van der Waals surface area contributed by atoms with Crippen molar-refractivity contribution in [2.45, 2.75) is 13.5 Å². The van der Waals surface area contributed by atoms with Crippen molar-refractivity contribution in [3.63, 3.8) is 0 Å². The Morgan fingerprint density at radius 3 is 2.63 bits per heavy atom. The third-order valence-corrected chi connectivity index (χ3v) is 5.07. The minimum absolute atomic E-state index is 0.0687. The lowest BCUT2D eigenvalue weighted by Gasteiger charge is -2.11. The summed E-state index contributed by atoms with van der Waals surface area (Å²) in [5, 5.41) is 4.69. The summed E-state index contributed by atoms with van der Waals surface area (Å²) in [6.07, 6.45) is 0. The molecule has 3 rings (SSSR count). The average Bonchev–Trinajstić information content (AvgIpc) is 3.10. The molecule has 2 aromatic carbocycles. The minimum Gasteiger partial charge on any atom is -0.483 e. The molecule has 0 spiro atoms. The molecule has 4 nitrogen and oxygen atoms in total. The second-order valence-electron chi connectivity index (χ2n) is 5.70. The number of hydrogen-bond donors (Lipinski definition) is 1. The van der Waals surface area contributed by atoms with Gasteiger partial charge in [-0.1, -0.05) is 40.2 Å². The third-order valence-electron chi connectivity index (χ3n) is 3.80. The molecule has 0 aliphatic carbocycles. The van der Waals surface area contributed by atoms with Gasteiger partial charge in [0.05, 0.1) is 11.0 Å². The molecule has 0 aliphatic rings. The number of thiazole rings is 1. The Balaban J connectivity index is 1.79. The highest BCUT2D eigenvalue weighted by Crippen LogP contribution is 2.31. The maximum absolute atomic E-state index is 14.4. The molecule has 0 bridgehead atoms. The van der Waals surface area contributed by atoms with Crippen LogP contribution < -0.4 is 10.1 Å². The first-order valence-corrected chi connectivity index (χ1v) is 9.96. The summed E-state index contributed by atoms with van der Waals surface area (Å²) in [6.45, 7) is 1.97. The zero-order chi connectivity index (χ0) is 19.4. The number of aromatic nitrogens is 1. The van der Waals surface area contributed by atoms with Crippen LogP contribution in [0.2, 0.25) is 0 Å². The molecule has 0 saturated carbocycles. The highest BCUT2D eigenvalue weighted by molar-refractivity contribution is 9.09. The lowest BCUT2D eigenvalue weighted by molar-refractivity contribution is -0.113. The zero-order valence-corrected chi connectivity index (χ0v) is 16.7. The van der Waals surface area contributed by atoms with Gasteiger partial charge in [0.15, 0.2) is 22.5 Å². The Labute approximate surface area is 167 Å². The highest BCUT2D eigenvalue weighted by Gasteiger charge is 2.16. The van der Waals surface area contributed by atoms with Gasteiger partial charge in [-0.15, -0.1) is 11.3 Å². The van der Waals surface area contributed by atoms with Gasteiger partial charge in [0.25, 0.3) is 0 Å². The van der Waals surface area contributed by atoms with Gasteiger partial charge in [-0.3, -0.25) is 4.79 Å². The van der Waals surface area contributed by atoms with E-state index in [0.717, 1.165) is 11.1 Å². The summed E-state index contributed by atoms with van der Waals surface area (Å²) in [4.78, 5) is 15.5. The predicted molar refractivity (Wildman–Crippen MR) is 105 cm³/mol. The fourth-order valence-electron chi connectivity index (χ4n) is 2.38. The Hall–Kier alpha value is -2.32. The molecule has 1 amide bonds. The van der Waals surface area contributed by atoms with Crippen LogP contribution in [0.25, 0.3) is 11.3 Å². The van der Waals surface area contributed by atoms with E-state index in [1.54, 1.807) is 5.38 Å². The number of rotatable bonds is 6. The van der Waals surface area contributed by atoms with E-state index in [2.05, 4.69) is 26.2 Å². The molecular weight excluding hydrogens is 438 g/mol. The minimum atomic E-state index is -0.808. The van der Waals surface area contributed by atoms with Crippen LogP contribution in [0.3, 0.4) is 0 Å². The summed E-state index contributed by atoms with van der Waals surface area (Å²) in [6, 6.07) is 9.82. The number of carbonyl (C=O) groups is 1. The lowest BCUT2D eigenvalue weighted by Crippen LogP contribution is -2.11. The number of halogens is 3. The van der Waals surface area contributed by atoms with Gasteiger partial charge >= 0.3 is 0 Å². The molecule has 140 valence electrons. The Morgan fingerprint density at radius 1 is 1.26 bits per heavy atom. The third kappa shape index (κ3) is 4.70. The number of ether oxygens (including phenoxy) is 1. The summed E-state index contributed by atoms with van der Waals surface area (Å²) >= 11 is 4.21. The van der Waals surface area contributed by atoms with E-state index < -0.39 is 17.4 Å². The normalized spacial score (nSPS) is 10.7. The number of hydrogen-bond acceptors (Lipinski definition) is 4. The Morgan fingerprint density at radius 2 is 1.96 bits per heavy atom. The van der Waals surface area contributed by atoms with Gasteiger partial charge in [-0.25, -0.2) is 13.8 Å². The van der Waals surface area contributed by atoms with Gasteiger partial charge in [0.2, 0.25) is 5.91 Å². The first kappa shape index (κ1) is 19.4. The number of amides is 1. The van der Waals surface area contributed by atoms with Crippen molar-refractivity contribution in [2.24, 2.45) is 0 Å². The van der Waals surface area contributed by atoms with Crippen molar-refractivity contribution >= 4 is 38.3 Å². The fraction of sp³-hybridized carbons (Fsp3) is 0.158. The van der Waals surface area contributed by atoms with E-state index in [0.29, 0.717) is 10.8 Å². The van der Waals surface area contributed by atoms with E-state index in [1.807, 2.05) is 31.2 Å². The SMILES string of the molecule is Cc1ccccc1COc1c(F)cc(-c2csc(NC(=O)CBr)n2)cc1F. The monoisotopic (exact) mass is 452 g/mol. The Kier molecular flexibility index (Phi) is 6.18. The smallest absolute Gasteiger partial charge is 0.236 e. The Bertz CT molecular complexity index is 955. The number of aryl methyl sites for hydroxylation is 1. The van der Waals surface area contributed by atoms with E-state index in [9.17, 15) is 13.6 Å². The van der Waals surface area contributed by atoms with Crippen LogP contribution in [-0.4, -0.2) is 16.2 Å². The largest absolute Gasteiger partial charge is 0.483 e. The van der Waals surface area contributed by atoms with Crippen LogP contribution in [0.15, 0.2) is 41.8 Å². The second kappa shape index (κ2) is 8.58. The molecule has 0 radical (unpaired) electrons. The highest BCUT2D eigenvalue weighted by atomic mass is 79.9. The maximum Gasteiger partial charge on any atom is 0.236 e. The molecule has 8 heteroatoms. The van der Waals surface area contributed by atoms with E-state index >= 15 is 0 Å². The van der Waals surface area contributed by atoms with Gasteiger partial charge in [0.1, 0.15) is 6.61 Å². The van der Waals surface area contributed by atoms with Gasteiger partial charge < -0.3 is 10.1 Å². The molecule has 0 saturated heterocycles. The van der Waals surface area contributed by atoms with E-state index in [1.165, 1.54) is 23.5 Å². The molecule has 27 heavy (non-hydrogen) atoms. The van der Waals surface area contributed by atoms with Gasteiger partial charge in [0, 0.05) is 10.9 Å². The molecule has 0 unspecified atom stereocenters. The molecule has 0 atom stereocenters. The molecule has 0 fully saturated rings. The van der Waals surface area contributed by atoms with Crippen molar-refractivity contribution in [3.05, 3.63) is 64.5 Å². The van der Waals surface area contributed by atoms with Crippen molar-refractivity contribution in [3.8, 4) is 17.0 Å². The maximum atomic E-state index is 14.4. The second-order valence-corrected chi connectivity index (χ2v) is 7.12. The number of alkyl halides is 1. The van der Waals surface area contributed by atoms with Crippen molar-refractivity contribution in [1.82, 2.24) is 4.98 Å². The summed E-state index contributed by atoms with van der Waals surface area (Å²) in [5.74, 6) is -2.30. The van der Waals surface area contributed by atoms with Crippen LogP contribution in [0, 0.1) is 18.6 Å². The lowest BCUT2D eigenvalue weighted by atomic mass is 10.1. The molecule has 0 aliphatic heterocycles. The van der Waals surface area contributed by atoms with Gasteiger partial charge in [-0.05, 0) is 30.2 Å². The van der Waals surface area contributed by atoms with E-state index in [-0.39, 0.29) is 23.4 Å². The molecule has 3 aromatic rings. The number of nitrogens with zero attached hydrogens (tertiary/aromatic N) is 1. The number of nitrogens with one attached hydrogen (secondary N) is 1. The van der Waals surface area contributed by atoms with Crippen LogP contribution in [0.5, 0.6) is 5.75 Å². The quantitative estimate of drug-likeness (QED) is 0.515. The van der Waals surface area contributed by atoms with E-state index in [4.69, 9.17) is 4.74 Å². The van der Waals surface area contributed by atoms with Crippen LogP contribution in [-0.2, 0) is 11.4 Å². The molecule has 1 heterocycles. The molecule has 1 N–H and O–H groups in total. The summed E-state index contributed by atoms with van der Waals surface area (Å²) in [5.41, 5.74) is 2.47. The fourth-order valence-corrected chi connectivity index (χ4v) is 3.26. The topological polar surface area (TPSA) is 51.2 Å². The standard InChI is InChI=1S/C19H15BrF2N2O2S/c1-11-4-2-3-5-12(11)9-26-18-14(21)6-13(7-15(18)22)16-10-27-19(23-16)24-17(25)8-20/h2-7,10H,8-9H2,1H3,(H,23,24,25). The van der Waals surface area contributed by atoms with Crippen molar-refractivity contribution in [1.29, 1.82) is 0 Å². The summed E-state index contributed by atoms with van der Waals surface area (Å²) in [7, 11) is 0. The number of carbonyl (C=O) groups excluding carboxylic acids is 1. The zero-order valence-electron chi connectivity index (χ0n) is 14.3. The van der Waals surface area contributed by atoms with Crippen molar-refractivity contribution in [2.75, 3.05) is 10.6 Å². The van der Waals surface area contributed by atoms with Crippen LogP contribution in [0.1, 0.15) is 11.1 Å². The number of anilines is 1. The first-order chi connectivity index (χ1) is 13.0. The van der Waals surface area contributed by atoms with Crippen molar-refractivity contribution < 1.29 is 18.3 Å².